The maximum atomic E-state index is 10.9. The lowest BCUT2D eigenvalue weighted by atomic mass is 9.90. The van der Waals surface area contributed by atoms with E-state index in [0.717, 1.165) is 35.8 Å². The number of aliphatic hydroxyl groups is 1. The molecule has 0 aliphatic carbocycles. The standard InChI is InChI=1S/C15H18N6O/c1-20-9-6-17-14(20)15(22)3-7-21(8-4-15)13-11-2-5-16-12(11)18-10-19-13/h2,5-6,9-10,22H,3-4,7-8H2,1H3,(H,16,18,19). The summed E-state index contributed by atoms with van der Waals surface area (Å²) in [5, 5.41) is 11.9. The van der Waals surface area contributed by atoms with Crippen LogP contribution in [0.4, 0.5) is 5.82 Å². The van der Waals surface area contributed by atoms with Crippen molar-refractivity contribution in [2.45, 2.75) is 18.4 Å². The third kappa shape index (κ3) is 1.97. The summed E-state index contributed by atoms with van der Waals surface area (Å²) in [6.07, 6.45) is 8.31. The first-order valence-corrected chi connectivity index (χ1v) is 7.41. The van der Waals surface area contributed by atoms with Crippen LogP contribution in [0.25, 0.3) is 11.0 Å². The molecule has 22 heavy (non-hydrogen) atoms. The van der Waals surface area contributed by atoms with E-state index >= 15 is 0 Å². The molecule has 1 saturated heterocycles. The number of anilines is 1. The van der Waals surface area contributed by atoms with Gasteiger partial charge in [0.15, 0.2) is 0 Å². The van der Waals surface area contributed by atoms with Crippen molar-refractivity contribution in [1.29, 1.82) is 0 Å². The highest BCUT2D eigenvalue weighted by molar-refractivity contribution is 5.87. The Labute approximate surface area is 127 Å². The van der Waals surface area contributed by atoms with Gasteiger partial charge in [-0.25, -0.2) is 15.0 Å². The van der Waals surface area contributed by atoms with Crippen LogP contribution in [0.1, 0.15) is 18.7 Å². The number of imidazole rings is 1. The van der Waals surface area contributed by atoms with E-state index in [9.17, 15) is 5.11 Å². The number of piperidine rings is 1. The van der Waals surface area contributed by atoms with Gasteiger partial charge in [-0.1, -0.05) is 0 Å². The molecular weight excluding hydrogens is 280 g/mol. The van der Waals surface area contributed by atoms with Gasteiger partial charge in [-0.15, -0.1) is 0 Å². The Kier molecular flexibility index (Phi) is 2.90. The number of nitrogens with zero attached hydrogens (tertiary/aromatic N) is 5. The molecule has 4 rings (SSSR count). The fraction of sp³-hybridized carbons (Fsp3) is 0.400. The number of aryl methyl sites for hydroxylation is 1. The molecular formula is C15H18N6O. The fourth-order valence-electron chi connectivity index (χ4n) is 3.24. The zero-order valence-electron chi connectivity index (χ0n) is 12.4. The normalized spacial score (nSPS) is 18.0. The van der Waals surface area contributed by atoms with Crippen LogP contribution in [-0.4, -0.2) is 42.7 Å². The monoisotopic (exact) mass is 298 g/mol. The second kappa shape index (κ2) is 4.81. The van der Waals surface area contributed by atoms with Gasteiger partial charge in [0.1, 0.15) is 29.2 Å². The summed E-state index contributed by atoms with van der Waals surface area (Å²) < 4.78 is 1.89. The average molecular weight is 298 g/mol. The third-order valence-electron chi connectivity index (χ3n) is 4.46. The SMILES string of the molecule is Cn1ccnc1C1(O)CCN(c2ncnc3[nH]ccc23)CC1. The van der Waals surface area contributed by atoms with E-state index in [1.54, 1.807) is 12.5 Å². The third-order valence-corrected chi connectivity index (χ3v) is 4.46. The Hall–Kier alpha value is -2.41. The molecule has 1 aliphatic rings. The van der Waals surface area contributed by atoms with Crippen LogP contribution in [0.3, 0.4) is 0 Å². The highest BCUT2D eigenvalue weighted by atomic mass is 16.3. The molecule has 0 bridgehead atoms. The fourth-order valence-corrected chi connectivity index (χ4v) is 3.24. The summed E-state index contributed by atoms with van der Waals surface area (Å²) in [7, 11) is 1.92. The Morgan fingerprint density at radius 3 is 2.77 bits per heavy atom. The van der Waals surface area contributed by atoms with Gasteiger partial charge >= 0.3 is 0 Å². The van der Waals surface area contributed by atoms with E-state index in [0.29, 0.717) is 12.8 Å². The first-order valence-electron chi connectivity index (χ1n) is 7.41. The number of hydrogen-bond donors (Lipinski definition) is 2. The van der Waals surface area contributed by atoms with Crippen molar-refractivity contribution in [2.75, 3.05) is 18.0 Å². The Morgan fingerprint density at radius 1 is 1.23 bits per heavy atom. The lowest BCUT2D eigenvalue weighted by Gasteiger charge is -2.38. The summed E-state index contributed by atoms with van der Waals surface area (Å²) in [6.45, 7) is 1.47. The van der Waals surface area contributed by atoms with Gasteiger partial charge in [0.25, 0.3) is 0 Å². The number of nitrogens with one attached hydrogen (secondary N) is 1. The molecule has 0 unspecified atom stereocenters. The predicted molar refractivity (Wildman–Crippen MR) is 82.4 cm³/mol. The smallest absolute Gasteiger partial charge is 0.142 e. The zero-order valence-corrected chi connectivity index (χ0v) is 12.4. The van der Waals surface area contributed by atoms with Crippen LogP contribution in [0.15, 0.2) is 31.0 Å². The van der Waals surface area contributed by atoms with Gasteiger partial charge in [-0.2, -0.15) is 0 Å². The summed E-state index contributed by atoms with van der Waals surface area (Å²) in [5.74, 6) is 1.66. The van der Waals surface area contributed by atoms with Gasteiger partial charge in [-0.3, -0.25) is 0 Å². The first kappa shape index (κ1) is 13.3. The molecule has 7 heteroatoms. The van der Waals surface area contributed by atoms with E-state index in [2.05, 4.69) is 24.8 Å². The van der Waals surface area contributed by atoms with Crippen LogP contribution < -0.4 is 4.90 Å². The van der Waals surface area contributed by atoms with Crippen molar-refractivity contribution in [1.82, 2.24) is 24.5 Å². The molecule has 114 valence electrons. The topological polar surface area (TPSA) is 82.9 Å². The molecule has 4 heterocycles. The van der Waals surface area contributed by atoms with Crippen molar-refractivity contribution in [3.05, 3.63) is 36.8 Å². The molecule has 7 nitrogen and oxygen atoms in total. The van der Waals surface area contributed by atoms with E-state index in [1.165, 1.54) is 0 Å². The number of rotatable bonds is 2. The van der Waals surface area contributed by atoms with Gasteiger partial charge in [0.05, 0.1) is 5.39 Å². The Balaban J connectivity index is 1.60. The minimum atomic E-state index is -0.862. The number of aromatic nitrogens is 5. The minimum Gasteiger partial charge on any atom is -0.382 e. The van der Waals surface area contributed by atoms with E-state index in [-0.39, 0.29) is 0 Å². The van der Waals surface area contributed by atoms with Crippen molar-refractivity contribution >= 4 is 16.9 Å². The predicted octanol–water partition coefficient (Wildman–Crippen LogP) is 1.18. The number of H-pyrrole nitrogens is 1. The summed E-state index contributed by atoms with van der Waals surface area (Å²) in [5.41, 5.74) is -0.0195. The lowest BCUT2D eigenvalue weighted by molar-refractivity contribution is 0.000712. The second-order valence-corrected chi connectivity index (χ2v) is 5.82. The van der Waals surface area contributed by atoms with Crippen LogP contribution in [0, 0.1) is 0 Å². The Bertz CT molecular complexity index is 799. The number of fused-ring (bicyclic) bond motifs is 1. The van der Waals surface area contributed by atoms with Crippen LogP contribution in [-0.2, 0) is 12.6 Å². The van der Waals surface area contributed by atoms with Crippen LogP contribution in [0.5, 0.6) is 0 Å². The van der Waals surface area contributed by atoms with E-state index in [4.69, 9.17) is 0 Å². The van der Waals surface area contributed by atoms with Gasteiger partial charge in [0, 0.05) is 51.6 Å². The summed E-state index contributed by atoms with van der Waals surface area (Å²) in [6, 6.07) is 1.99. The quantitative estimate of drug-likeness (QED) is 0.742. The Morgan fingerprint density at radius 2 is 2.05 bits per heavy atom. The first-order chi connectivity index (χ1) is 10.7. The van der Waals surface area contributed by atoms with Crippen LogP contribution in [0.2, 0.25) is 0 Å². The highest BCUT2D eigenvalue weighted by Crippen LogP contribution is 2.34. The minimum absolute atomic E-state index is 0.633. The van der Waals surface area contributed by atoms with Crippen molar-refractivity contribution in [3.8, 4) is 0 Å². The highest BCUT2D eigenvalue weighted by Gasteiger charge is 2.37. The molecule has 2 N–H and O–H groups in total. The maximum absolute atomic E-state index is 10.9. The van der Waals surface area contributed by atoms with E-state index in [1.807, 2.05) is 30.1 Å². The molecule has 0 aromatic carbocycles. The largest absolute Gasteiger partial charge is 0.382 e. The molecule has 1 fully saturated rings. The number of hydrogen-bond acceptors (Lipinski definition) is 5. The molecule has 0 atom stereocenters. The molecule has 0 radical (unpaired) electrons. The summed E-state index contributed by atoms with van der Waals surface area (Å²) in [4.78, 5) is 18.3. The maximum Gasteiger partial charge on any atom is 0.142 e. The average Bonchev–Trinajstić information content (AvgIpc) is 3.16. The van der Waals surface area contributed by atoms with Crippen molar-refractivity contribution in [2.24, 2.45) is 7.05 Å². The zero-order chi connectivity index (χ0) is 15.2. The van der Waals surface area contributed by atoms with Crippen LogP contribution >= 0.6 is 0 Å². The molecule has 0 saturated carbocycles. The second-order valence-electron chi connectivity index (χ2n) is 5.82. The molecule has 1 aliphatic heterocycles. The van der Waals surface area contributed by atoms with Gasteiger partial charge in [-0.05, 0) is 6.07 Å². The lowest BCUT2D eigenvalue weighted by Crippen LogP contribution is -2.44. The molecule has 3 aromatic rings. The van der Waals surface area contributed by atoms with Crippen molar-refractivity contribution in [3.63, 3.8) is 0 Å². The summed E-state index contributed by atoms with van der Waals surface area (Å²) >= 11 is 0. The van der Waals surface area contributed by atoms with Crippen molar-refractivity contribution < 1.29 is 5.11 Å². The molecule has 0 amide bonds. The molecule has 0 spiro atoms. The van der Waals surface area contributed by atoms with Gasteiger partial charge in [0.2, 0.25) is 0 Å². The molecule has 3 aromatic heterocycles. The van der Waals surface area contributed by atoms with E-state index < -0.39 is 5.60 Å². The van der Waals surface area contributed by atoms with Gasteiger partial charge < -0.3 is 19.6 Å². The number of aromatic amines is 1.